The lowest BCUT2D eigenvalue weighted by molar-refractivity contribution is -0.120. The third kappa shape index (κ3) is 5.74. The van der Waals surface area contributed by atoms with Gasteiger partial charge in [0.1, 0.15) is 22.2 Å². The molecule has 0 saturated heterocycles. The fraction of sp³-hybridized carbons (Fsp3) is 0.0645. The standard InChI is InChI=1S/C31H24FN3O4S/c1-19-9-13-22(14-10-19)33-27-28(31(38)35(30(27)37)24-15-11-21(32)12-16-24)40-26-8-4-6-23(18-26)34-29(36)20-5-3-7-25(17-20)39-2/h3-18,33H,1-2H3,(H,34,36). The van der Waals surface area contributed by atoms with E-state index in [0.29, 0.717) is 27.6 Å². The highest BCUT2D eigenvalue weighted by molar-refractivity contribution is 8.04. The number of carbonyl (C=O) groups excluding carboxylic acids is 3. The molecule has 5 rings (SSSR count). The van der Waals surface area contributed by atoms with E-state index in [4.69, 9.17) is 4.74 Å². The maximum absolute atomic E-state index is 13.6. The summed E-state index contributed by atoms with van der Waals surface area (Å²) in [6.07, 6.45) is 0. The van der Waals surface area contributed by atoms with E-state index in [9.17, 15) is 18.8 Å². The van der Waals surface area contributed by atoms with Gasteiger partial charge in [-0.05, 0) is 79.7 Å². The van der Waals surface area contributed by atoms with Gasteiger partial charge in [-0.2, -0.15) is 0 Å². The number of methoxy groups -OCH3 is 1. The number of carbonyl (C=O) groups is 3. The van der Waals surface area contributed by atoms with Gasteiger partial charge in [-0.1, -0.05) is 41.6 Å². The van der Waals surface area contributed by atoms with Crippen LogP contribution in [0.4, 0.5) is 21.5 Å². The predicted octanol–water partition coefficient (Wildman–Crippen LogP) is 6.38. The molecule has 7 nitrogen and oxygen atoms in total. The van der Waals surface area contributed by atoms with Gasteiger partial charge in [0.2, 0.25) is 0 Å². The molecule has 0 unspecified atom stereocenters. The van der Waals surface area contributed by atoms with Crippen molar-refractivity contribution in [2.75, 3.05) is 22.6 Å². The van der Waals surface area contributed by atoms with Crippen molar-refractivity contribution in [2.45, 2.75) is 11.8 Å². The van der Waals surface area contributed by atoms with Gasteiger partial charge in [0, 0.05) is 21.8 Å². The van der Waals surface area contributed by atoms with Crippen molar-refractivity contribution in [3.05, 3.63) is 125 Å². The predicted molar refractivity (Wildman–Crippen MR) is 154 cm³/mol. The second kappa shape index (κ2) is 11.5. The van der Waals surface area contributed by atoms with E-state index in [-0.39, 0.29) is 22.2 Å². The number of rotatable bonds is 8. The molecule has 0 fully saturated rings. The summed E-state index contributed by atoms with van der Waals surface area (Å²) in [6, 6.07) is 26.3. The normalized spacial score (nSPS) is 13.0. The zero-order valence-electron chi connectivity index (χ0n) is 21.6. The highest BCUT2D eigenvalue weighted by Gasteiger charge is 2.40. The Morgan fingerprint density at radius 1 is 0.850 bits per heavy atom. The fourth-order valence-corrected chi connectivity index (χ4v) is 5.03. The molecule has 3 amide bonds. The van der Waals surface area contributed by atoms with Crippen molar-refractivity contribution in [1.29, 1.82) is 0 Å². The number of aryl methyl sites for hydroxylation is 1. The van der Waals surface area contributed by atoms with Crippen molar-refractivity contribution >= 4 is 46.5 Å². The lowest BCUT2D eigenvalue weighted by Gasteiger charge is -2.15. The van der Waals surface area contributed by atoms with Crippen LogP contribution in [0.3, 0.4) is 0 Å². The molecule has 1 heterocycles. The Labute approximate surface area is 234 Å². The lowest BCUT2D eigenvalue weighted by Crippen LogP contribution is -2.32. The smallest absolute Gasteiger partial charge is 0.283 e. The van der Waals surface area contributed by atoms with Crippen LogP contribution < -0.4 is 20.3 Å². The monoisotopic (exact) mass is 553 g/mol. The first-order chi connectivity index (χ1) is 19.3. The molecular formula is C31H24FN3O4S. The Hall–Kier alpha value is -4.89. The zero-order valence-corrected chi connectivity index (χ0v) is 22.4. The SMILES string of the molecule is COc1cccc(C(=O)Nc2cccc(SC3=C(Nc4ccc(C)cc4)C(=O)N(c4ccc(F)cc4)C3=O)c2)c1. The second-order valence-corrected chi connectivity index (χ2v) is 10.0. The number of benzene rings is 4. The van der Waals surface area contributed by atoms with Gasteiger partial charge in [-0.3, -0.25) is 14.4 Å². The number of imide groups is 1. The topological polar surface area (TPSA) is 87.7 Å². The third-order valence-corrected chi connectivity index (χ3v) is 7.16. The Balaban J connectivity index is 1.44. The van der Waals surface area contributed by atoms with E-state index in [1.807, 2.05) is 31.2 Å². The number of hydrogen-bond acceptors (Lipinski definition) is 6. The summed E-state index contributed by atoms with van der Waals surface area (Å²) >= 11 is 1.10. The number of ether oxygens (including phenoxy) is 1. The van der Waals surface area contributed by atoms with Gasteiger partial charge >= 0.3 is 0 Å². The second-order valence-electron chi connectivity index (χ2n) is 8.93. The molecule has 0 saturated carbocycles. The summed E-state index contributed by atoms with van der Waals surface area (Å²) < 4.78 is 18.7. The number of halogens is 1. The molecule has 4 aromatic rings. The van der Waals surface area contributed by atoms with Crippen LogP contribution in [0.25, 0.3) is 0 Å². The zero-order chi connectivity index (χ0) is 28.2. The summed E-state index contributed by atoms with van der Waals surface area (Å²) in [5.41, 5.74) is 2.99. The Bertz CT molecular complexity index is 1640. The minimum absolute atomic E-state index is 0.106. The van der Waals surface area contributed by atoms with E-state index in [0.717, 1.165) is 22.2 Å². The summed E-state index contributed by atoms with van der Waals surface area (Å²) in [5.74, 6) is -1.33. The van der Waals surface area contributed by atoms with E-state index in [2.05, 4.69) is 10.6 Å². The molecular weight excluding hydrogens is 529 g/mol. The van der Waals surface area contributed by atoms with Crippen LogP contribution in [0.2, 0.25) is 0 Å². The first kappa shape index (κ1) is 26.7. The average molecular weight is 554 g/mol. The van der Waals surface area contributed by atoms with Crippen LogP contribution in [0, 0.1) is 12.7 Å². The number of thioether (sulfide) groups is 1. The molecule has 0 aromatic heterocycles. The maximum Gasteiger partial charge on any atom is 0.283 e. The quantitative estimate of drug-likeness (QED) is 0.246. The minimum atomic E-state index is -0.554. The van der Waals surface area contributed by atoms with E-state index < -0.39 is 17.6 Å². The van der Waals surface area contributed by atoms with Gasteiger partial charge in [-0.25, -0.2) is 9.29 Å². The van der Waals surface area contributed by atoms with Crippen molar-refractivity contribution in [2.24, 2.45) is 0 Å². The largest absolute Gasteiger partial charge is 0.497 e. The Kier molecular flexibility index (Phi) is 7.65. The Morgan fingerprint density at radius 2 is 1.57 bits per heavy atom. The van der Waals surface area contributed by atoms with Gasteiger partial charge in [-0.15, -0.1) is 0 Å². The van der Waals surface area contributed by atoms with Gasteiger partial charge in [0.05, 0.1) is 12.8 Å². The summed E-state index contributed by atoms with van der Waals surface area (Å²) in [5, 5.41) is 5.95. The molecule has 1 aliphatic rings. The first-order valence-corrected chi connectivity index (χ1v) is 13.1. The summed E-state index contributed by atoms with van der Waals surface area (Å²) in [6.45, 7) is 1.95. The van der Waals surface area contributed by atoms with Crippen LogP contribution in [0.15, 0.2) is 113 Å². The number of anilines is 3. The molecule has 40 heavy (non-hydrogen) atoms. The number of amides is 3. The fourth-order valence-electron chi connectivity index (χ4n) is 4.04. The van der Waals surface area contributed by atoms with Crippen molar-refractivity contribution in [3.8, 4) is 5.75 Å². The highest BCUT2D eigenvalue weighted by Crippen LogP contribution is 2.38. The molecule has 0 radical (unpaired) electrons. The lowest BCUT2D eigenvalue weighted by atomic mass is 10.2. The molecule has 200 valence electrons. The van der Waals surface area contributed by atoms with Gasteiger partial charge in [0.25, 0.3) is 17.7 Å². The average Bonchev–Trinajstić information content (AvgIpc) is 3.18. The van der Waals surface area contributed by atoms with Crippen LogP contribution in [-0.4, -0.2) is 24.8 Å². The highest BCUT2D eigenvalue weighted by atomic mass is 32.2. The molecule has 0 aliphatic carbocycles. The molecule has 4 aromatic carbocycles. The van der Waals surface area contributed by atoms with Crippen LogP contribution >= 0.6 is 11.8 Å². The van der Waals surface area contributed by atoms with Crippen LogP contribution in [-0.2, 0) is 9.59 Å². The minimum Gasteiger partial charge on any atom is -0.497 e. The van der Waals surface area contributed by atoms with Gasteiger partial charge in [0.15, 0.2) is 0 Å². The maximum atomic E-state index is 13.6. The van der Waals surface area contributed by atoms with Crippen LogP contribution in [0.1, 0.15) is 15.9 Å². The molecule has 9 heteroatoms. The van der Waals surface area contributed by atoms with Crippen molar-refractivity contribution < 1.29 is 23.5 Å². The van der Waals surface area contributed by atoms with Crippen molar-refractivity contribution in [1.82, 2.24) is 0 Å². The Morgan fingerprint density at radius 3 is 2.30 bits per heavy atom. The van der Waals surface area contributed by atoms with E-state index in [1.54, 1.807) is 48.5 Å². The third-order valence-electron chi connectivity index (χ3n) is 6.09. The summed E-state index contributed by atoms with van der Waals surface area (Å²) in [7, 11) is 1.53. The number of nitrogens with one attached hydrogen (secondary N) is 2. The van der Waals surface area contributed by atoms with Crippen molar-refractivity contribution in [3.63, 3.8) is 0 Å². The first-order valence-electron chi connectivity index (χ1n) is 12.3. The number of hydrogen-bond donors (Lipinski definition) is 2. The summed E-state index contributed by atoms with van der Waals surface area (Å²) in [4.78, 5) is 41.7. The van der Waals surface area contributed by atoms with Crippen LogP contribution in [0.5, 0.6) is 5.75 Å². The molecule has 2 N–H and O–H groups in total. The van der Waals surface area contributed by atoms with E-state index >= 15 is 0 Å². The van der Waals surface area contributed by atoms with E-state index in [1.165, 1.54) is 31.4 Å². The molecule has 0 bridgehead atoms. The molecule has 0 atom stereocenters. The molecule has 0 spiro atoms. The molecule has 1 aliphatic heterocycles. The number of nitrogens with zero attached hydrogens (tertiary/aromatic N) is 1. The van der Waals surface area contributed by atoms with Gasteiger partial charge < -0.3 is 15.4 Å².